The van der Waals surface area contributed by atoms with Crippen LogP contribution in [0.3, 0.4) is 0 Å². The summed E-state index contributed by atoms with van der Waals surface area (Å²) in [6, 6.07) is 11.2. The average Bonchev–Trinajstić information content (AvgIpc) is 2.18. The molecule has 2 unspecified atom stereocenters. The van der Waals surface area contributed by atoms with Crippen LogP contribution in [0.1, 0.15) is 18.1 Å². The lowest BCUT2D eigenvalue weighted by Crippen LogP contribution is -2.03. The van der Waals surface area contributed by atoms with Gasteiger partial charge in [0.25, 0.3) is 8.53 Å². The SMILES string of the molecule is N#CCC(OP(N)O)c1ccccc1. The third-order valence-electron chi connectivity index (χ3n) is 1.68. The molecule has 14 heavy (non-hydrogen) atoms. The summed E-state index contributed by atoms with van der Waals surface area (Å²) in [6.07, 6.45) is -0.261. The first-order chi connectivity index (χ1) is 6.74. The zero-order valence-electron chi connectivity index (χ0n) is 7.50. The second kappa shape index (κ2) is 5.69. The molecule has 0 saturated heterocycles. The number of nitrogens with zero attached hydrogens (tertiary/aromatic N) is 1. The molecule has 0 spiro atoms. The first-order valence-corrected chi connectivity index (χ1v) is 5.34. The molecule has 5 heteroatoms. The van der Waals surface area contributed by atoms with Crippen molar-refractivity contribution >= 4 is 8.53 Å². The van der Waals surface area contributed by atoms with Crippen LogP contribution in [0, 0.1) is 11.3 Å². The van der Waals surface area contributed by atoms with Crippen molar-refractivity contribution in [3.8, 4) is 6.07 Å². The molecule has 0 fully saturated rings. The lowest BCUT2D eigenvalue weighted by Gasteiger charge is -2.15. The molecule has 0 amide bonds. The zero-order chi connectivity index (χ0) is 10.4. The van der Waals surface area contributed by atoms with Crippen LogP contribution in [0.2, 0.25) is 0 Å². The van der Waals surface area contributed by atoms with E-state index in [2.05, 4.69) is 0 Å². The van der Waals surface area contributed by atoms with Gasteiger partial charge >= 0.3 is 0 Å². The first-order valence-electron chi connectivity index (χ1n) is 4.06. The van der Waals surface area contributed by atoms with E-state index < -0.39 is 14.6 Å². The van der Waals surface area contributed by atoms with E-state index >= 15 is 0 Å². The maximum atomic E-state index is 8.92. The Morgan fingerprint density at radius 3 is 2.64 bits per heavy atom. The van der Waals surface area contributed by atoms with Gasteiger partial charge in [0, 0.05) is 0 Å². The summed E-state index contributed by atoms with van der Waals surface area (Å²) in [4.78, 5) is 8.92. The quantitative estimate of drug-likeness (QED) is 0.743. The Morgan fingerprint density at radius 2 is 2.14 bits per heavy atom. The van der Waals surface area contributed by atoms with Crippen molar-refractivity contribution in [2.75, 3.05) is 0 Å². The molecular formula is C9H11N2O2P. The smallest absolute Gasteiger partial charge is 0.250 e. The van der Waals surface area contributed by atoms with Gasteiger partial charge in [0.2, 0.25) is 0 Å². The summed E-state index contributed by atoms with van der Waals surface area (Å²) in [5.74, 6) is 0. The first kappa shape index (κ1) is 11.1. The molecule has 0 saturated carbocycles. The van der Waals surface area contributed by atoms with Gasteiger partial charge in [0.15, 0.2) is 0 Å². The highest BCUT2D eigenvalue weighted by atomic mass is 31.2. The number of benzene rings is 1. The monoisotopic (exact) mass is 210 g/mol. The van der Waals surface area contributed by atoms with Crippen molar-refractivity contribution in [3.05, 3.63) is 35.9 Å². The van der Waals surface area contributed by atoms with Gasteiger partial charge in [-0.25, -0.2) is 0 Å². The topological polar surface area (TPSA) is 79.3 Å². The molecule has 1 aromatic carbocycles. The standard InChI is InChI=1S/C9H11N2O2P/c10-7-6-9(13-14(11)12)8-4-2-1-3-5-8/h1-5,9,12H,6,11H2. The normalized spacial score (nSPS) is 14.4. The minimum atomic E-state index is -1.93. The van der Waals surface area contributed by atoms with Gasteiger partial charge in [-0.2, -0.15) is 5.26 Å². The predicted molar refractivity (Wildman–Crippen MR) is 53.8 cm³/mol. The van der Waals surface area contributed by atoms with E-state index in [9.17, 15) is 0 Å². The van der Waals surface area contributed by atoms with Crippen LogP contribution in [0.15, 0.2) is 30.3 Å². The van der Waals surface area contributed by atoms with E-state index in [4.69, 9.17) is 20.2 Å². The predicted octanol–water partition coefficient (Wildman–Crippen LogP) is 1.84. The molecule has 0 aromatic heterocycles. The molecule has 0 aliphatic rings. The van der Waals surface area contributed by atoms with Crippen LogP contribution in [0.25, 0.3) is 0 Å². The molecule has 0 heterocycles. The highest BCUT2D eigenvalue weighted by Crippen LogP contribution is 2.33. The molecule has 3 N–H and O–H groups in total. The summed E-state index contributed by atoms with van der Waals surface area (Å²) in [5, 5.41) is 8.57. The second-order valence-corrected chi connectivity index (χ2v) is 3.49. The fourth-order valence-electron chi connectivity index (χ4n) is 1.10. The van der Waals surface area contributed by atoms with Crippen LogP contribution in [0.4, 0.5) is 0 Å². The fraction of sp³-hybridized carbons (Fsp3) is 0.222. The van der Waals surface area contributed by atoms with Gasteiger partial charge in [0.1, 0.15) is 6.10 Å². The molecule has 4 nitrogen and oxygen atoms in total. The van der Waals surface area contributed by atoms with Crippen molar-refractivity contribution in [3.63, 3.8) is 0 Å². The maximum Gasteiger partial charge on any atom is 0.250 e. The molecule has 0 radical (unpaired) electrons. The Balaban J connectivity index is 2.73. The molecular weight excluding hydrogens is 199 g/mol. The summed E-state index contributed by atoms with van der Waals surface area (Å²) in [5.41, 5.74) is 6.00. The zero-order valence-corrected chi connectivity index (χ0v) is 8.39. The molecule has 0 aliphatic carbocycles. The maximum absolute atomic E-state index is 8.92. The van der Waals surface area contributed by atoms with E-state index in [0.29, 0.717) is 0 Å². The Bertz CT molecular complexity index is 310. The molecule has 0 aliphatic heterocycles. The highest BCUT2D eigenvalue weighted by molar-refractivity contribution is 7.43. The summed E-state index contributed by atoms with van der Waals surface area (Å²) < 4.78 is 5.05. The molecule has 1 rings (SSSR count). The minimum absolute atomic E-state index is 0.181. The summed E-state index contributed by atoms with van der Waals surface area (Å²) in [6.45, 7) is 0. The third kappa shape index (κ3) is 3.41. The van der Waals surface area contributed by atoms with E-state index in [1.54, 1.807) is 0 Å². The number of rotatable bonds is 4. The summed E-state index contributed by atoms with van der Waals surface area (Å²) in [7, 11) is -1.93. The number of hydrogen-bond acceptors (Lipinski definition) is 4. The van der Waals surface area contributed by atoms with E-state index in [-0.39, 0.29) is 6.42 Å². The number of nitrogens with two attached hydrogens (primary N) is 1. The largest absolute Gasteiger partial charge is 0.338 e. The molecule has 2 atom stereocenters. The van der Waals surface area contributed by atoms with Gasteiger partial charge in [-0.05, 0) is 5.56 Å². The van der Waals surface area contributed by atoms with Crippen LogP contribution in [-0.2, 0) is 4.52 Å². The van der Waals surface area contributed by atoms with Gasteiger partial charge in [-0.3, -0.25) is 5.50 Å². The van der Waals surface area contributed by atoms with Crippen LogP contribution in [0.5, 0.6) is 0 Å². The Labute approximate surface area is 83.9 Å². The Kier molecular flexibility index (Phi) is 4.51. The van der Waals surface area contributed by atoms with Crippen LogP contribution < -0.4 is 5.50 Å². The van der Waals surface area contributed by atoms with Gasteiger partial charge in [0.05, 0.1) is 12.5 Å². The van der Waals surface area contributed by atoms with Gasteiger partial charge in [-0.15, -0.1) is 0 Å². The summed E-state index contributed by atoms with van der Waals surface area (Å²) >= 11 is 0. The third-order valence-corrected chi connectivity index (χ3v) is 2.15. The second-order valence-electron chi connectivity index (χ2n) is 2.67. The lowest BCUT2D eigenvalue weighted by atomic mass is 10.1. The van der Waals surface area contributed by atoms with Crippen molar-refractivity contribution in [2.24, 2.45) is 5.50 Å². The lowest BCUT2D eigenvalue weighted by molar-refractivity contribution is 0.211. The number of hydrogen-bond donors (Lipinski definition) is 2. The van der Waals surface area contributed by atoms with Crippen molar-refractivity contribution in [1.29, 1.82) is 5.26 Å². The van der Waals surface area contributed by atoms with E-state index in [1.807, 2.05) is 36.4 Å². The van der Waals surface area contributed by atoms with E-state index in [0.717, 1.165) is 5.56 Å². The van der Waals surface area contributed by atoms with Crippen LogP contribution in [-0.4, -0.2) is 4.89 Å². The molecule has 1 aromatic rings. The van der Waals surface area contributed by atoms with E-state index in [1.165, 1.54) is 0 Å². The molecule has 74 valence electrons. The average molecular weight is 210 g/mol. The van der Waals surface area contributed by atoms with Gasteiger partial charge in [-0.1, -0.05) is 30.3 Å². The van der Waals surface area contributed by atoms with Crippen molar-refractivity contribution < 1.29 is 9.42 Å². The highest BCUT2D eigenvalue weighted by Gasteiger charge is 2.14. The fourth-order valence-corrected chi connectivity index (χ4v) is 1.55. The van der Waals surface area contributed by atoms with Crippen molar-refractivity contribution in [1.82, 2.24) is 0 Å². The molecule has 0 bridgehead atoms. The minimum Gasteiger partial charge on any atom is -0.338 e. The Morgan fingerprint density at radius 1 is 1.50 bits per heavy atom. The Hall–Kier alpha value is -0.980. The van der Waals surface area contributed by atoms with Crippen molar-refractivity contribution in [2.45, 2.75) is 12.5 Å². The number of nitriles is 1. The van der Waals surface area contributed by atoms with Gasteiger partial charge < -0.3 is 9.42 Å². The van der Waals surface area contributed by atoms with Crippen LogP contribution >= 0.6 is 8.53 Å².